The van der Waals surface area contributed by atoms with Crippen molar-refractivity contribution in [1.82, 2.24) is 9.21 Å². The Hall–Kier alpha value is -2.18. The first-order valence-electron chi connectivity index (χ1n) is 10.5. The molecule has 0 spiro atoms. The minimum absolute atomic E-state index is 0.123. The first-order valence-corrected chi connectivity index (χ1v) is 12.0. The number of rotatable bonds is 6. The van der Waals surface area contributed by atoms with Gasteiger partial charge in [0.25, 0.3) is 0 Å². The lowest BCUT2D eigenvalue weighted by Gasteiger charge is -2.33. The van der Waals surface area contributed by atoms with Gasteiger partial charge in [0.15, 0.2) is 0 Å². The minimum Gasteiger partial charge on any atom is -0.342 e. The average molecular weight is 429 g/mol. The quantitative estimate of drug-likeness (QED) is 0.705. The second-order valence-electron chi connectivity index (χ2n) is 8.50. The fraction of sp³-hybridized carbons (Fsp3) is 0.458. The van der Waals surface area contributed by atoms with Gasteiger partial charge in [0, 0.05) is 20.1 Å². The van der Waals surface area contributed by atoms with Crippen molar-refractivity contribution in [2.24, 2.45) is 5.92 Å². The Balaban J connectivity index is 1.60. The highest BCUT2D eigenvalue weighted by Crippen LogP contribution is 2.25. The van der Waals surface area contributed by atoms with Crippen LogP contribution in [-0.2, 0) is 21.2 Å². The number of hydrogen-bond acceptors (Lipinski definition) is 3. The Kier molecular flexibility index (Phi) is 6.98. The number of piperidine rings is 1. The second kappa shape index (κ2) is 9.31. The van der Waals surface area contributed by atoms with Crippen LogP contribution in [0, 0.1) is 26.7 Å². The van der Waals surface area contributed by atoms with Gasteiger partial charge in [-0.25, -0.2) is 8.42 Å². The summed E-state index contributed by atoms with van der Waals surface area (Å²) in [7, 11) is -2.22. The molecule has 1 aliphatic heterocycles. The van der Waals surface area contributed by atoms with E-state index >= 15 is 0 Å². The molecule has 0 radical (unpaired) electrons. The molecule has 0 N–H and O–H groups in total. The SMILES string of the molecule is Cc1cc(C)c(S(=O)(=O)N(C)CC(=O)N2CCC(Cc3ccccc3)CC2)c(C)c1. The molecule has 2 aromatic rings. The van der Waals surface area contributed by atoms with Crippen molar-refractivity contribution >= 4 is 15.9 Å². The highest BCUT2D eigenvalue weighted by molar-refractivity contribution is 7.89. The fourth-order valence-corrected chi connectivity index (χ4v) is 5.96. The van der Waals surface area contributed by atoms with Gasteiger partial charge in [-0.15, -0.1) is 0 Å². The van der Waals surface area contributed by atoms with Crippen molar-refractivity contribution in [2.75, 3.05) is 26.7 Å². The molecule has 0 aromatic heterocycles. The summed E-state index contributed by atoms with van der Waals surface area (Å²) in [4.78, 5) is 14.9. The molecule has 1 amide bonds. The van der Waals surface area contributed by atoms with Gasteiger partial charge in [-0.1, -0.05) is 48.0 Å². The van der Waals surface area contributed by atoms with E-state index in [1.165, 1.54) is 16.9 Å². The van der Waals surface area contributed by atoms with Gasteiger partial charge >= 0.3 is 0 Å². The molecule has 5 nitrogen and oxygen atoms in total. The minimum atomic E-state index is -3.72. The number of likely N-dealkylation sites (N-methyl/N-ethyl adjacent to an activating group) is 1. The smallest absolute Gasteiger partial charge is 0.243 e. The summed E-state index contributed by atoms with van der Waals surface area (Å²) in [5.41, 5.74) is 3.79. The third-order valence-electron chi connectivity index (χ3n) is 5.97. The Morgan fingerprint density at radius 1 is 1.03 bits per heavy atom. The third-order valence-corrected chi connectivity index (χ3v) is 8.07. The van der Waals surface area contributed by atoms with E-state index in [1.807, 2.05) is 30.0 Å². The van der Waals surface area contributed by atoms with E-state index in [-0.39, 0.29) is 12.5 Å². The molecule has 0 atom stereocenters. The van der Waals surface area contributed by atoms with Crippen LogP contribution in [0.4, 0.5) is 0 Å². The Bertz CT molecular complexity index is 971. The number of benzene rings is 2. The molecule has 0 aliphatic carbocycles. The maximum atomic E-state index is 13.1. The zero-order chi connectivity index (χ0) is 21.9. The number of carbonyl (C=O) groups excluding carboxylic acids is 1. The van der Waals surface area contributed by atoms with Crippen LogP contribution < -0.4 is 0 Å². The Morgan fingerprint density at radius 3 is 2.17 bits per heavy atom. The normalized spacial score (nSPS) is 15.6. The van der Waals surface area contributed by atoms with Crippen LogP contribution in [0.15, 0.2) is 47.4 Å². The summed E-state index contributed by atoms with van der Waals surface area (Å²) >= 11 is 0. The number of aryl methyl sites for hydroxylation is 3. The highest BCUT2D eigenvalue weighted by Gasteiger charge is 2.29. The summed E-state index contributed by atoms with van der Waals surface area (Å²) in [6, 6.07) is 14.2. The second-order valence-corrected chi connectivity index (χ2v) is 10.5. The van der Waals surface area contributed by atoms with Crippen LogP contribution in [0.25, 0.3) is 0 Å². The first kappa shape index (κ1) is 22.5. The van der Waals surface area contributed by atoms with Crippen molar-refractivity contribution in [3.05, 3.63) is 64.7 Å². The molecule has 6 heteroatoms. The number of nitrogens with zero attached hydrogens (tertiary/aromatic N) is 2. The van der Waals surface area contributed by atoms with E-state index in [1.54, 1.807) is 13.8 Å². The van der Waals surface area contributed by atoms with Crippen LogP contribution >= 0.6 is 0 Å². The number of hydrogen-bond donors (Lipinski definition) is 0. The summed E-state index contributed by atoms with van der Waals surface area (Å²) in [5.74, 6) is 0.442. The summed E-state index contributed by atoms with van der Waals surface area (Å²) < 4.78 is 27.4. The molecule has 1 fully saturated rings. The predicted octanol–water partition coefficient (Wildman–Crippen LogP) is 3.71. The Morgan fingerprint density at radius 2 is 1.60 bits per heavy atom. The third kappa shape index (κ3) is 5.10. The van der Waals surface area contributed by atoms with Gasteiger partial charge in [0.2, 0.25) is 15.9 Å². The van der Waals surface area contributed by atoms with Crippen molar-refractivity contribution in [3.8, 4) is 0 Å². The fourth-order valence-electron chi connectivity index (χ4n) is 4.44. The number of likely N-dealkylation sites (tertiary alicyclic amines) is 1. The maximum Gasteiger partial charge on any atom is 0.243 e. The molecule has 2 aromatic carbocycles. The molecule has 30 heavy (non-hydrogen) atoms. The van der Waals surface area contributed by atoms with Gasteiger partial charge in [-0.3, -0.25) is 4.79 Å². The molecular weight excluding hydrogens is 396 g/mol. The number of carbonyl (C=O) groups is 1. The van der Waals surface area contributed by atoms with E-state index in [4.69, 9.17) is 0 Å². The van der Waals surface area contributed by atoms with Crippen LogP contribution in [0.1, 0.15) is 35.1 Å². The summed E-state index contributed by atoms with van der Waals surface area (Å²) in [5, 5.41) is 0. The van der Waals surface area contributed by atoms with Crippen molar-refractivity contribution in [2.45, 2.75) is 44.9 Å². The van der Waals surface area contributed by atoms with Crippen LogP contribution in [0.2, 0.25) is 0 Å². The average Bonchev–Trinajstić information content (AvgIpc) is 2.68. The van der Waals surface area contributed by atoms with Crippen LogP contribution in [0.3, 0.4) is 0 Å². The molecule has 3 rings (SSSR count). The van der Waals surface area contributed by atoms with Gasteiger partial charge in [0.05, 0.1) is 11.4 Å². The lowest BCUT2D eigenvalue weighted by atomic mass is 9.90. The van der Waals surface area contributed by atoms with E-state index in [2.05, 4.69) is 24.3 Å². The monoisotopic (exact) mass is 428 g/mol. The van der Waals surface area contributed by atoms with Gasteiger partial charge in [0.1, 0.15) is 0 Å². The van der Waals surface area contributed by atoms with Crippen molar-refractivity contribution < 1.29 is 13.2 Å². The zero-order valence-electron chi connectivity index (χ0n) is 18.4. The van der Waals surface area contributed by atoms with Crippen LogP contribution in [0.5, 0.6) is 0 Å². The van der Waals surface area contributed by atoms with Gasteiger partial charge in [-0.2, -0.15) is 4.31 Å². The molecule has 1 saturated heterocycles. The molecule has 0 bridgehead atoms. The van der Waals surface area contributed by atoms with Gasteiger partial charge < -0.3 is 4.90 Å². The molecule has 0 saturated carbocycles. The molecule has 0 unspecified atom stereocenters. The predicted molar refractivity (Wildman–Crippen MR) is 120 cm³/mol. The van der Waals surface area contributed by atoms with E-state index in [0.29, 0.717) is 35.0 Å². The first-order chi connectivity index (χ1) is 14.2. The molecular formula is C24H32N2O3S. The summed E-state index contributed by atoms with van der Waals surface area (Å²) in [6.45, 7) is 6.81. The standard InChI is InChI=1S/C24H32N2O3S/c1-18-14-19(2)24(20(3)15-18)30(28,29)25(4)17-23(27)26-12-10-22(11-13-26)16-21-8-6-5-7-9-21/h5-9,14-15,22H,10-13,16-17H2,1-4H3. The number of sulfonamides is 1. The maximum absolute atomic E-state index is 13.1. The molecule has 1 aliphatic rings. The van der Waals surface area contributed by atoms with Gasteiger partial charge in [-0.05, 0) is 62.6 Å². The van der Waals surface area contributed by atoms with Crippen LogP contribution in [-0.4, -0.2) is 50.2 Å². The van der Waals surface area contributed by atoms with E-state index in [9.17, 15) is 13.2 Å². The highest BCUT2D eigenvalue weighted by atomic mass is 32.2. The summed E-state index contributed by atoms with van der Waals surface area (Å²) in [6.07, 6.45) is 2.93. The topological polar surface area (TPSA) is 57.7 Å². The largest absolute Gasteiger partial charge is 0.342 e. The van der Waals surface area contributed by atoms with E-state index < -0.39 is 10.0 Å². The molecule has 1 heterocycles. The zero-order valence-corrected chi connectivity index (χ0v) is 19.2. The van der Waals surface area contributed by atoms with E-state index in [0.717, 1.165) is 24.8 Å². The lowest BCUT2D eigenvalue weighted by Crippen LogP contribution is -2.45. The van der Waals surface area contributed by atoms with Crippen molar-refractivity contribution in [1.29, 1.82) is 0 Å². The number of amides is 1. The van der Waals surface area contributed by atoms with Crippen molar-refractivity contribution in [3.63, 3.8) is 0 Å². The molecule has 162 valence electrons. The Labute approximate surface area is 180 Å². The lowest BCUT2D eigenvalue weighted by molar-refractivity contribution is -0.132.